The van der Waals surface area contributed by atoms with E-state index in [1.54, 1.807) is 6.07 Å². The molecular weight excluding hydrogens is 276 g/mol. The van der Waals surface area contributed by atoms with Gasteiger partial charge in [0.05, 0.1) is 27.9 Å². The largest absolute Gasteiger partial charge is 0.496 e. The quantitative estimate of drug-likeness (QED) is 0.397. The molecule has 0 saturated heterocycles. The third-order valence-corrected chi connectivity index (χ3v) is 2.79. The number of rotatable bonds is 9. The molecule has 0 aliphatic rings. The SMILES string of the molecule is [CH2]CCCCOOC(=O)c1cc(OC)c(OC)cc1OC. The Kier molecular flexibility index (Phi) is 7.39. The Morgan fingerprint density at radius 3 is 2.19 bits per heavy atom. The molecule has 0 aromatic heterocycles. The van der Waals surface area contributed by atoms with Crippen molar-refractivity contribution in [1.82, 2.24) is 0 Å². The molecule has 0 unspecified atom stereocenters. The first-order valence-electron chi connectivity index (χ1n) is 6.61. The minimum absolute atomic E-state index is 0.201. The molecular formula is C15H21O6. The minimum Gasteiger partial charge on any atom is -0.496 e. The van der Waals surface area contributed by atoms with Crippen molar-refractivity contribution in [1.29, 1.82) is 0 Å². The molecule has 0 N–H and O–H groups in total. The second-order valence-electron chi connectivity index (χ2n) is 4.16. The van der Waals surface area contributed by atoms with Crippen LogP contribution in [0, 0.1) is 6.92 Å². The molecule has 0 fully saturated rings. The highest BCUT2D eigenvalue weighted by Gasteiger charge is 2.19. The summed E-state index contributed by atoms with van der Waals surface area (Å²) in [4.78, 5) is 21.6. The van der Waals surface area contributed by atoms with E-state index >= 15 is 0 Å². The molecule has 0 spiro atoms. The Bertz CT molecular complexity index is 458. The number of hydrogen-bond donors (Lipinski definition) is 0. The summed E-state index contributed by atoms with van der Waals surface area (Å²) in [6, 6.07) is 3.04. The van der Waals surface area contributed by atoms with Gasteiger partial charge in [0.1, 0.15) is 11.3 Å². The fourth-order valence-corrected chi connectivity index (χ4v) is 1.67. The molecule has 0 aliphatic heterocycles. The van der Waals surface area contributed by atoms with Gasteiger partial charge in [0.2, 0.25) is 0 Å². The van der Waals surface area contributed by atoms with Crippen LogP contribution in [0.25, 0.3) is 0 Å². The zero-order valence-corrected chi connectivity index (χ0v) is 12.6. The number of methoxy groups -OCH3 is 3. The molecule has 0 bridgehead atoms. The van der Waals surface area contributed by atoms with Gasteiger partial charge in [0.25, 0.3) is 0 Å². The second kappa shape index (κ2) is 9.07. The monoisotopic (exact) mass is 297 g/mol. The van der Waals surface area contributed by atoms with Gasteiger partial charge in [-0.15, -0.1) is 0 Å². The van der Waals surface area contributed by atoms with Gasteiger partial charge in [-0.05, 0) is 6.42 Å². The average molecular weight is 297 g/mol. The van der Waals surface area contributed by atoms with Crippen molar-refractivity contribution in [3.8, 4) is 17.2 Å². The van der Waals surface area contributed by atoms with Crippen molar-refractivity contribution in [3.63, 3.8) is 0 Å². The minimum atomic E-state index is -0.651. The first-order valence-corrected chi connectivity index (χ1v) is 6.61. The van der Waals surface area contributed by atoms with Gasteiger partial charge in [-0.1, -0.05) is 19.8 Å². The lowest BCUT2D eigenvalue weighted by atomic mass is 10.1. The first kappa shape index (κ1) is 17.1. The Balaban J connectivity index is 2.77. The summed E-state index contributed by atoms with van der Waals surface area (Å²) in [5, 5.41) is 0. The number of hydrogen-bond acceptors (Lipinski definition) is 6. The molecule has 1 radical (unpaired) electrons. The van der Waals surface area contributed by atoms with E-state index in [-0.39, 0.29) is 5.56 Å². The summed E-state index contributed by atoms with van der Waals surface area (Å²) < 4.78 is 15.4. The van der Waals surface area contributed by atoms with Crippen molar-refractivity contribution < 1.29 is 28.8 Å². The van der Waals surface area contributed by atoms with Gasteiger partial charge < -0.3 is 14.2 Å². The smallest absolute Gasteiger partial charge is 0.376 e. The molecule has 0 atom stereocenters. The van der Waals surface area contributed by atoms with E-state index in [2.05, 4.69) is 6.92 Å². The second-order valence-corrected chi connectivity index (χ2v) is 4.16. The number of carbonyl (C=O) groups is 1. The fourth-order valence-electron chi connectivity index (χ4n) is 1.67. The Hall–Kier alpha value is -1.95. The zero-order chi connectivity index (χ0) is 15.7. The predicted molar refractivity (Wildman–Crippen MR) is 76.7 cm³/mol. The molecule has 117 valence electrons. The van der Waals surface area contributed by atoms with E-state index in [1.807, 2.05) is 0 Å². The van der Waals surface area contributed by atoms with Crippen molar-refractivity contribution in [2.75, 3.05) is 27.9 Å². The Morgan fingerprint density at radius 1 is 1.00 bits per heavy atom. The summed E-state index contributed by atoms with van der Waals surface area (Å²) in [6.07, 6.45) is 2.51. The van der Waals surface area contributed by atoms with E-state index in [1.165, 1.54) is 27.4 Å². The highest BCUT2D eigenvalue weighted by atomic mass is 17.2. The maximum absolute atomic E-state index is 12.0. The van der Waals surface area contributed by atoms with Crippen LogP contribution in [0.5, 0.6) is 17.2 Å². The zero-order valence-electron chi connectivity index (χ0n) is 12.6. The molecule has 21 heavy (non-hydrogen) atoms. The van der Waals surface area contributed by atoms with Gasteiger partial charge in [0.15, 0.2) is 11.5 Å². The predicted octanol–water partition coefficient (Wildman–Crippen LogP) is 2.81. The number of ether oxygens (including phenoxy) is 3. The summed E-state index contributed by atoms with van der Waals surface area (Å²) in [5.74, 6) is 0.533. The van der Waals surface area contributed by atoms with E-state index < -0.39 is 5.97 Å². The van der Waals surface area contributed by atoms with Crippen LogP contribution in [0.2, 0.25) is 0 Å². The van der Waals surface area contributed by atoms with E-state index in [9.17, 15) is 4.79 Å². The molecule has 0 aliphatic carbocycles. The van der Waals surface area contributed by atoms with E-state index in [4.69, 9.17) is 24.0 Å². The molecule has 0 amide bonds. The summed E-state index contributed by atoms with van der Waals surface area (Å²) in [7, 11) is 4.43. The average Bonchev–Trinajstić information content (AvgIpc) is 2.52. The topological polar surface area (TPSA) is 63.2 Å². The molecule has 0 heterocycles. The molecule has 6 heteroatoms. The Morgan fingerprint density at radius 2 is 1.62 bits per heavy atom. The standard InChI is InChI=1S/C15H21O6/c1-5-6-7-8-20-21-15(16)11-9-13(18-3)14(19-4)10-12(11)17-2/h9-10H,1,5-8H2,2-4H3. The molecule has 1 aromatic carbocycles. The highest BCUT2D eigenvalue weighted by Crippen LogP contribution is 2.34. The maximum atomic E-state index is 12.0. The lowest BCUT2D eigenvalue weighted by Crippen LogP contribution is -2.09. The summed E-state index contributed by atoms with van der Waals surface area (Å²) in [5.41, 5.74) is 0.201. The van der Waals surface area contributed by atoms with Crippen LogP contribution >= 0.6 is 0 Å². The van der Waals surface area contributed by atoms with Gasteiger partial charge >= 0.3 is 5.97 Å². The van der Waals surface area contributed by atoms with Gasteiger partial charge in [-0.25, -0.2) is 4.79 Å². The van der Waals surface area contributed by atoms with Crippen molar-refractivity contribution >= 4 is 5.97 Å². The molecule has 0 saturated carbocycles. The maximum Gasteiger partial charge on any atom is 0.376 e. The van der Waals surface area contributed by atoms with Gasteiger partial charge in [0, 0.05) is 12.1 Å². The van der Waals surface area contributed by atoms with Crippen LogP contribution in [0.4, 0.5) is 0 Å². The number of unbranched alkanes of at least 4 members (excludes halogenated alkanes) is 2. The van der Waals surface area contributed by atoms with Crippen molar-refractivity contribution in [3.05, 3.63) is 24.6 Å². The third-order valence-electron chi connectivity index (χ3n) is 2.79. The normalized spacial score (nSPS) is 10.1. The fraction of sp³-hybridized carbons (Fsp3) is 0.467. The molecule has 1 rings (SSSR count). The lowest BCUT2D eigenvalue weighted by molar-refractivity contribution is -0.241. The highest BCUT2D eigenvalue weighted by molar-refractivity contribution is 5.93. The number of benzene rings is 1. The Labute approximate surface area is 124 Å². The van der Waals surface area contributed by atoms with Gasteiger partial charge in [-0.2, -0.15) is 4.89 Å². The van der Waals surface area contributed by atoms with Crippen LogP contribution in [0.1, 0.15) is 29.6 Å². The lowest BCUT2D eigenvalue weighted by Gasteiger charge is -2.13. The third kappa shape index (κ3) is 4.82. The van der Waals surface area contributed by atoms with Crippen LogP contribution in [0.15, 0.2) is 12.1 Å². The molecule has 6 nitrogen and oxygen atoms in total. The molecule has 1 aromatic rings. The first-order chi connectivity index (χ1) is 10.2. The van der Waals surface area contributed by atoms with Crippen LogP contribution < -0.4 is 14.2 Å². The van der Waals surface area contributed by atoms with E-state index in [0.29, 0.717) is 23.9 Å². The number of carbonyl (C=O) groups excluding carboxylic acids is 1. The van der Waals surface area contributed by atoms with Crippen LogP contribution in [0.3, 0.4) is 0 Å². The van der Waals surface area contributed by atoms with Crippen LogP contribution in [-0.4, -0.2) is 33.9 Å². The van der Waals surface area contributed by atoms with Crippen molar-refractivity contribution in [2.45, 2.75) is 19.3 Å². The van der Waals surface area contributed by atoms with E-state index in [0.717, 1.165) is 19.3 Å². The summed E-state index contributed by atoms with van der Waals surface area (Å²) in [6.45, 7) is 4.05. The summed E-state index contributed by atoms with van der Waals surface area (Å²) >= 11 is 0. The van der Waals surface area contributed by atoms with Crippen molar-refractivity contribution in [2.24, 2.45) is 0 Å². The van der Waals surface area contributed by atoms with Crippen LogP contribution in [-0.2, 0) is 9.78 Å². The van der Waals surface area contributed by atoms with Gasteiger partial charge in [-0.3, -0.25) is 4.89 Å².